The van der Waals surface area contributed by atoms with Crippen LogP contribution < -0.4 is 5.73 Å². The monoisotopic (exact) mass is 205 g/mol. The maximum atomic E-state index is 13.1. The summed E-state index contributed by atoms with van der Waals surface area (Å²) in [5.41, 5.74) is 5.61. The molecule has 0 saturated carbocycles. The summed E-state index contributed by atoms with van der Waals surface area (Å²) in [5.74, 6) is -1.12. The van der Waals surface area contributed by atoms with Gasteiger partial charge in [-0.05, 0) is 25.5 Å². The first-order valence-corrected chi connectivity index (χ1v) is 4.28. The van der Waals surface area contributed by atoms with E-state index in [0.717, 1.165) is 12.1 Å². The van der Waals surface area contributed by atoms with Crippen molar-refractivity contribution in [3.8, 4) is 0 Å². The molecule has 0 saturated heterocycles. The molecule has 0 heterocycles. The maximum Gasteiger partial charge on any atom is 0.142 e. The summed E-state index contributed by atoms with van der Waals surface area (Å²) in [6.45, 7) is 1.71. The van der Waals surface area contributed by atoms with Crippen LogP contribution in [0.1, 0.15) is 12.5 Å². The van der Waals surface area contributed by atoms with Gasteiger partial charge in [-0.25, -0.2) is 8.78 Å². The molecular formula is C9H10ClF2N. The lowest BCUT2D eigenvalue weighted by Crippen LogP contribution is -2.19. The third-order valence-electron chi connectivity index (χ3n) is 1.67. The average Bonchev–Trinajstić information content (AvgIpc) is 2.05. The van der Waals surface area contributed by atoms with Gasteiger partial charge in [0, 0.05) is 11.6 Å². The van der Waals surface area contributed by atoms with Gasteiger partial charge in [-0.15, -0.1) is 0 Å². The third-order valence-corrected chi connectivity index (χ3v) is 2.07. The minimum absolute atomic E-state index is 0.150. The van der Waals surface area contributed by atoms with E-state index in [0.29, 0.717) is 0 Å². The molecule has 13 heavy (non-hydrogen) atoms. The van der Waals surface area contributed by atoms with Crippen LogP contribution in [0.3, 0.4) is 0 Å². The highest BCUT2D eigenvalue weighted by molar-refractivity contribution is 6.31. The molecule has 1 rings (SSSR count). The van der Waals surface area contributed by atoms with Crippen LogP contribution in [-0.4, -0.2) is 6.04 Å². The lowest BCUT2D eigenvalue weighted by molar-refractivity contribution is 0.575. The molecule has 1 atom stereocenters. The van der Waals surface area contributed by atoms with Crippen molar-refractivity contribution in [1.29, 1.82) is 0 Å². The highest BCUT2D eigenvalue weighted by Crippen LogP contribution is 2.23. The van der Waals surface area contributed by atoms with Crippen molar-refractivity contribution < 1.29 is 8.78 Å². The molecule has 1 aromatic rings. The topological polar surface area (TPSA) is 26.0 Å². The fraction of sp³-hybridized carbons (Fsp3) is 0.333. The molecule has 0 aromatic heterocycles. The summed E-state index contributed by atoms with van der Waals surface area (Å²) in [7, 11) is 0. The summed E-state index contributed by atoms with van der Waals surface area (Å²) in [6.07, 6.45) is 0.239. The maximum absolute atomic E-state index is 13.1. The molecule has 72 valence electrons. The van der Waals surface area contributed by atoms with E-state index in [1.807, 2.05) is 0 Å². The Kier molecular flexibility index (Phi) is 3.22. The van der Waals surface area contributed by atoms with E-state index in [1.165, 1.54) is 0 Å². The Morgan fingerprint density at radius 1 is 1.38 bits per heavy atom. The zero-order valence-corrected chi connectivity index (χ0v) is 7.91. The van der Waals surface area contributed by atoms with Crippen LogP contribution in [0, 0.1) is 11.6 Å². The Balaban J connectivity index is 3.10. The molecule has 0 bridgehead atoms. The van der Waals surface area contributed by atoms with E-state index in [1.54, 1.807) is 6.92 Å². The molecule has 1 unspecified atom stereocenters. The molecule has 0 aliphatic carbocycles. The van der Waals surface area contributed by atoms with Crippen LogP contribution in [-0.2, 0) is 6.42 Å². The number of hydrogen-bond acceptors (Lipinski definition) is 1. The number of hydrogen-bond donors (Lipinski definition) is 1. The van der Waals surface area contributed by atoms with Gasteiger partial charge in [0.15, 0.2) is 0 Å². The zero-order chi connectivity index (χ0) is 10.0. The molecule has 0 aliphatic heterocycles. The predicted octanol–water partition coefficient (Wildman–Crippen LogP) is 2.51. The standard InChI is InChI=1S/C9H10ClF2N/c1-5(13)4-6-7(11)2-3-8(12)9(6)10/h2-3,5H,4,13H2,1H3. The second-order valence-corrected chi connectivity index (χ2v) is 3.38. The number of benzene rings is 1. The van der Waals surface area contributed by atoms with Crippen LogP contribution in [0.2, 0.25) is 5.02 Å². The van der Waals surface area contributed by atoms with Crippen LogP contribution in [0.25, 0.3) is 0 Å². The smallest absolute Gasteiger partial charge is 0.142 e. The first kappa shape index (κ1) is 10.4. The molecule has 0 spiro atoms. The quantitative estimate of drug-likeness (QED) is 0.738. The minimum atomic E-state index is -0.612. The lowest BCUT2D eigenvalue weighted by Gasteiger charge is -2.08. The molecule has 1 nitrogen and oxygen atoms in total. The minimum Gasteiger partial charge on any atom is -0.328 e. The Morgan fingerprint density at radius 3 is 2.46 bits per heavy atom. The molecule has 0 amide bonds. The van der Waals surface area contributed by atoms with Gasteiger partial charge in [0.2, 0.25) is 0 Å². The Hall–Kier alpha value is -0.670. The first-order chi connectivity index (χ1) is 6.02. The van der Waals surface area contributed by atoms with Crippen molar-refractivity contribution in [3.63, 3.8) is 0 Å². The van der Waals surface area contributed by atoms with Gasteiger partial charge in [0.25, 0.3) is 0 Å². The van der Waals surface area contributed by atoms with Crippen molar-refractivity contribution in [2.75, 3.05) is 0 Å². The van der Waals surface area contributed by atoms with Gasteiger partial charge in [0.1, 0.15) is 11.6 Å². The van der Waals surface area contributed by atoms with E-state index >= 15 is 0 Å². The summed E-state index contributed by atoms with van der Waals surface area (Å²) >= 11 is 5.57. The predicted molar refractivity (Wildman–Crippen MR) is 48.7 cm³/mol. The number of nitrogens with two attached hydrogens (primary N) is 1. The molecule has 4 heteroatoms. The first-order valence-electron chi connectivity index (χ1n) is 3.90. The van der Waals surface area contributed by atoms with Gasteiger partial charge in [-0.1, -0.05) is 11.6 Å². The number of rotatable bonds is 2. The fourth-order valence-corrected chi connectivity index (χ4v) is 1.31. The van der Waals surface area contributed by atoms with Gasteiger partial charge < -0.3 is 5.73 Å². The zero-order valence-electron chi connectivity index (χ0n) is 7.15. The van der Waals surface area contributed by atoms with Crippen LogP contribution in [0.5, 0.6) is 0 Å². The highest BCUT2D eigenvalue weighted by Gasteiger charge is 2.12. The summed E-state index contributed by atoms with van der Waals surface area (Å²) in [6, 6.07) is 1.81. The molecule has 0 fully saturated rings. The van der Waals surface area contributed by atoms with Crippen LogP contribution >= 0.6 is 11.6 Å². The second-order valence-electron chi connectivity index (χ2n) is 3.00. The molecule has 0 radical (unpaired) electrons. The molecule has 2 N–H and O–H groups in total. The summed E-state index contributed by atoms with van der Waals surface area (Å²) in [4.78, 5) is 0. The summed E-state index contributed by atoms with van der Waals surface area (Å²) < 4.78 is 26.0. The van der Waals surface area contributed by atoms with Crippen molar-refractivity contribution >= 4 is 11.6 Å². The Labute approximate surface area is 80.5 Å². The van der Waals surface area contributed by atoms with Crippen molar-refractivity contribution in [1.82, 2.24) is 0 Å². The molecule has 1 aromatic carbocycles. The SMILES string of the molecule is CC(N)Cc1c(F)ccc(F)c1Cl. The van der Waals surface area contributed by atoms with Gasteiger partial charge in [-0.2, -0.15) is 0 Å². The second kappa shape index (κ2) is 4.03. The third kappa shape index (κ3) is 2.39. The Bertz CT molecular complexity index is 313. The van der Waals surface area contributed by atoms with E-state index in [9.17, 15) is 8.78 Å². The van der Waals surface area contributed by atoms with Crippen LogP contribution in [0.4, 0.5) is 8.78 Å². The van der Waals surface area contributed by atoms with Gasteiger partial charge in [-0.3, -0.25) is 0 Å². The van der Waals surface area contributed by atoms with Gasteiger partial charge >= 0.3 is 0 Å². The normalized spacial score (nSPS) is 13.0. The lowest BCUT2D eigenvalue weighted by atomic mass is 10.1. The van der Waals surface area contributed by atoms with Gasteiger partial charge in [0.05, 0.1) is 5.02 Å². The van der Waals surface area contributed by atoms with E-state index in [-0.39, 0.29) is 23.0 Å². The fourth-order valence-electron chi connectivity index (χ4n) is 1.08. The van der Waals surface area contributed by atoms with E-state index in [2.05, 4.69) is 0 Å². The number of halogens is 3. The average molecular weight is 206 g/mol. The molecule has 0 aliphatic rings. The van der Waals surface area contributed by atoms with Crippen molar-refractivity contribution in [2.45, 2.75) is 19.4 Å². The highest BCUT2D eigenvalue weighted by atomic mass is 35.5. The summed E-state index contributed by atoms with van der Waals surface area (Å²) in [5, 5.41) is -0.169. The van der Waals surface area contributed by atoms with E-state index < -0.39 is 11.6 Å². The van der Waals surface area contributed by atoms with E-state index in [4.69, 9.17) is 17.3 Å². The Morgan fingerprint density at radius 2 is 1.92 bits per heavy atom. The largest absolute Gasteiger partial charge is 0.328 e. The van der Waals surface area contributed by atoms with Crippen LogP contribution in [0.15, 0.2) is 12.1 Å². The van der Waals surface area contributed by atoms with Crippen molar-refractivity contribution in [2.24, 2.45) is 5.73 Å². The molecular weight excluding hydrogens is 196 g/mol. The van der Waals surface area contributed by atoms with Crippen molar-refractivity contribution in [3.05, 3.63) is 34.4 Å².